The highest BCUT2D eigenvalue weighted by atomic mass is 16.7. The van der Waals surface area contributed by atoms with Crippen LogP contribution in [0.25, 0.3) is 45.3 Å². The molecule has 0 bridgehead atoms. The number of rotatable bonds is 5. The average Bonchev–Trinajstić information content (AvgIpc) is 3.33. The van der Waals surface area contributed by atoms with Crippen molar-refractivity contribution < 1.29 is 18.8 Å². The molecule has 0 atom stereocenters. The molecule has 2 aliphatic rings. The van der Waals surface area contributed by atoms with Gasteiger partial charge in [-0.1, -0.05) is 97.1 Å². The van der Waals surface area contributed by atoms with E-state index in [0.717, 1.165) is 27.7 Å². The summed E-state index contributed by atoms with van der Waals surface area (Å²) < 4.78 is 25.8. The molecule has 5 aromatic carbocycles. The Hall–Kier alpha value is -5.31. The van der Waals surface area contributed by atoms with Gasteiger partial charge in [-0.25, -0.2) is 15.0 Å². The van der Waals surface area contributed by atoms with E-state index in [0.29, 0.717) is 46.0 Å². The molecule has 3 heterocycles. The number of para-hydroxylation sites is 2. The quantitative estimate of drug-likeness (QED) is 0.179. The summed E-state index contributed by atoms with van der Waals surface area (Å²) in [5.41, 5.74) is 4.32. The molecule has 0 aliphatic carbocycles. The molecule has 230 valence electrons. The molecule has 0 N–H and O–H groups in total. The number of hydrogen-bond acceptors (Lipinski definition) is 7. The molecule has 1 fully saturated rings. The first kappa shape index (κ1) is 29.1. The monoisotopic (exact) mass is 617 g/mol. The third kappa shape index (κ3) is 5.35. The van der Waals surface area contributed by atoms with E-state index in [1.807, 2.05) is 125 Å². The van der Waals surface area contributed by atoms with Crippen LogP contribution in [0.2, 0.25) is 0 Å². The summed E-state index contributed by atoms with van der Waals surface area (Å²) in [5.74, 6) is 3.96. The maximum Gasteiger partial charge on any atom is 0.495 e. The van der Waals surface area contributed by atoms with E-state index in [2.05, 4.69) is 24.3 Å². The van der Waals surface area contributed by atoms with Crippen LogP contribution < -0.4 is 14.9 Å². The van der Waals surface area contributed by atoms with E-state index < -0.39 is 18.3 Å². The third-order valence-electron chi connectivity index (χ3n) is 9.07. The van der Waals surface area contributed by atoms with Crippen LogP contribution in [0.5, 0.6) is 23.0 Å². The van der Waals surface area contributed by atoms with Crippen molar-refractivity contribution in [2.75, 3.05) is 0 Å². The van der Waals surface area contributed by atoms with Gasteiger partial charge in [0.1, 0.15) is 0 Å². The van der Waals surface area contributed by atoms with Crippen LogP contribution in [0.4, 0.5) is 0 Å². The summed E-state index contributed by atoms with van der Waals surface area (Å²) in [7, 11) is -0.702. The Bertz CT molecular complexity index is 2090. The molecule has 7 nitrogen and oxygen atoms in total. The fraction of sp³-hybridized carbons (Fsp3) is 0.154. The van der Waals surface area contributed by atoms with Gasteiger partial charge in [0.2, 0.25) is 0 Å². The summed E-state index contributed by atoms with van der Waals surface area (Å²) in [5, 5.41) is 0. The number of ether oxygens (including phenoxy) is 2. The zero-order valence-electron chi connectivity index (χ0n) is 26.6. The van der Waals surface area contributed by atoms with Gasteiger partial charge in [-0.15, -0.1) is 0 Å². The maximum absolute atomic E-state index is 6.57. The minimum absolute atomic E-state index is 0.468. The van der Waals surface area contributed by atoms with E-state index in [9.17, 15) is 0 Å². The number of nitrogens with zero attached hydrogens (tertiary/aromatic N) is 3. The van der Waals surface area contributed by atoms with Crippen molar-refractivity contribution in [2.24, 2.45) is 0 Å². The van der Waals surface area contributed by atoms with E-state index in [1.165, 1.54) is 0 Å². The first-order chi connectivity index (χ1) is 22.7. The van der Waals surface area contributed by atoms with Crippen molar-refractivity contribution in [1.29, 1.82) is 0 Å². The van der Waals surface area contributed by atoms with Crippen molar-refractivity contribution in [3.63, 3.8) is 0 Å². The second kappa shape index (κ2) is 11.2. The molecule has 0 amide bonds. The molecular weight excluding hydrogens is 585 g/mol. The molecule has 6 aromatic rings. The molecule has 1 saturated heterocycles. The predicted molar refractivity (Wildman–Crippen MR) is 184 cm³/mol. The van der Waals surface area contributed by atoms with Gasteiger partial charge in [0, 0.05) is 16.7 Å². The van der Waals surface area contributed by atoms with Gasteiger partial charge in [-0.2, -0.15) is 0 Å². The third-order valence-corrected chi connectivity index (χ3v) is 9.07. The molecule has 1 aromatic heterocycles. The maximum atomic E-state index is 6.57. The Kier molecular flexibility index (Phi) is 6.93. The lowest BCUT2D eigenvalue weighted by Gasteiger charge is -2.32. The van der Waals surface area contributed by atoms with Crippen molar-refractivity contribution in [2.45, 2.75) is 38.9 Å². The highest BCUT2D eigenvalue weighted by Gasteiger charge is 2.52. The molecule has 2 aliphatic heterocycles. The molecule has 0 spiro atoms. The zero-order chi connectivity index (χ0) is 32.2. The van der Waals surface area contributed by atoms with Gasteiger partial charge in [-0.3, -0.25) is 0 Å². The fourth-order valence-electron chi connectivity index (χ4n) is 5.73. The molecule has 8 rings (SSSR count). The van der Waals surface area contributed by atoms with Crippen LogP contribution in [0.1, 0.15) is 27.7 Å². The summed E-state index contributed by atoms with van der Waals surface area (Å²) in [6.07, 6.45) is 0. The number of benzene rings is 5. The van der Waals surface area contributed by atoms with Gasteiger partial charge < -0.3 is 18.8 Å². The van der Waals surface area contributed by atoms with E-state index in [-0.39, 0.29) is 0 Å². The number of hydrogen-bond donors (Lipinski definition) is 0. The first-order valence-corrected chi connectivity index (χ1v) is 15.7. The van der Waals surface area contributed by atoms with E-state index in [1.54, 1.807) is 0 Å². The SMILES string of the molecule is CC1(C)OB(c2cc3c(cc2-c2nc(-c4ccccc4)nc(-c4ccc(-c5ccccc5)cc4)n2)Oc2ccccc2O3)OC1(C)C. The van der Waals surface area contributed by atoms with Crippen LogP contribution in [-0.4, -0.2) is 33.3 Å². The van der Waals surface area contributed by atoms with Crippen molar-refractivity contribution in [1.82, 2.24) is 15.0 Å². The molecule has 0 unspecified atom stereocenters. The van der Waals surface area contributed by atoms with Crippen molar-refractivity contribution in [3.05, 3.63) is 121 Å². The summed E-state index contributed by atoms with van der Waals surface area (Å²) in [6.45, 7) is 8.15. The second-order valence-electron chi connectivity index (χ2n) is 12.7. The summed E-state index contributed by atoms with van der Waals surface area (Å²) >= 11 is 0. The van der Waals surface area contributed by atoms with E-state index in [4.69, 9.17) is 33.7 Å². The lowest BCUT2D eigenvalue weighted by Crippen LogP contribution is -2.41. The predicted octanol–water partition coefficient (Wildman–Crippen LogP) is 8.74. The highest BCUT2D eigenvalue weighted by molar-refractivity contribution is 6.64. The standard InChI is InChI=1S/C39H32BN3O4/c1-38(2)39(3,4)47-40(46-38)30-24-34-33(44-31-17-11-12-18-32(31)45-34)23-29(30)37-42-35(27-15-9-6-10-16-27)41-36(43-37)28-21-19-26(20-22-28)25-13-7-5-8-14-25/h5-24H,1-4H3. The Morgan fingerprint density at radius 2 is 0.872 bits per heavy atom. The van der Waals surface area contributed by atoms with Crippen LogP contribution in [0, 0.1) is 0 Å². The smallest absolute Gasteiger partial charge is 0.450 e. The molecule has 0 radical (unpaired) electrons. The first-order valence-electron chi connectivity index (χ1n) is 15.7. The minimum atomic E-state index is -0.702. The Morgan fingerprint density at radius 1 is 0.447 bits per heavy atom. The average molecular weight is 618 g/mol. The normalized spacial score (nSPS) is 15.7. The Morgan fingerprint density at radius 3 is 1.45 bits per heavy atom. The molecule has 47 heavy (non-hydrogen) atoms. The highest BCUT2D eigenvalue weighted by Crippen LogP contribution is 2.47. The largest absolute Gasteiger partial charge is 0.495 e. The number of aromatic nitrogens is 3. The molecule has 0 saturated carbocycles. The fourth-order valence-corrected chi connectivity index (χ4v) is 5.73. The van der Waals surface area contributed by atoms with Gasteiger partial charge >= 0.3 is 7.12 Å². The van der Waals surface area contributed by atoms with E-state index >= 15 is 0 Å². The number of fused-ring (bicyclic) bond motifs is 2. The van der Waals surface area contributed by atoms with Crippen molar-refractivity contribution in [3.8, 4) is 68.3 Å². The lowest BCUT2D eigenvalue weighted by atomic mass is 9.75. The Balaban J connectivity index is 1.30. The summed E-state index contributed by atoms with van der Waals surface area (Å²) in [4.78, 5) is 15.1. The zero-order valence-corrected chi connectivity index (χ0v) is 26.6. The topological polar surface area (TPSA) is 75.6 Å². The second-order valence-corrected chi connectivity index (χ2v) is 12.7. The van der Waals surface area contributed by atoms with Gasteiger partial charge in [0.05, 0.1) is 11.2 Å². The van der Waals surface area contributed by atoms with Gasteiger partial charge in [0.15, 0.2) is 40.5 Å². The lowest BCUT2D eigenvalue weighted by molar-refractivity contribution is 0.00578. The van der Waals surface area contributed by atoms with Crippen LogP contribution >= 0.6 is 0 Å². The minimum Gasteiger partial charge on any atom is -0.450 e. The van der Waals surface area contributed by atoms with Crippen LogP contribution in [0.15, 0.2) is 121 Å². The molecular formula is C39H32BN3O4. The van der Waals surface area contributed by atoms with Crippen LogP contribution in [-0.2, 0) is 9.31 Å². The summed E-state index contributed by atoms with van der Waals surface area (Å²) in [6, 6.07) is 39.9. The van der Waals surface area contributed by atoms with Crippen molar-refractivity contribution >= 4 is 12.6 Å². The molecule has 8 heteroatoms. The van der Waals surface area contributed by atoms with Crippen LogP contribution in [0.3, 0.4) is 0 Å². The van der Waals surface area contributed by atoms with Gasteiger partial charge in [-0.05, 0) is 68.6 Å². The Labute approximate surface area is 274 Å². The van der Waals surface area contributed by atoms with Gasteiger partial charge in [0.25, 0.3) is 0 Å².